The van der Waals surface area contributed by atoms with Gasteiger partial charge in [0.15, 0.2) is 0 Å². The highest BCUT2D eigenvalue weighted by molar-refractivity contribution is 5.81. The summed E-state index contributed by atoms with van der Waals surface area (Å²) in [6.45, 7) is 6.27. The molecule has 1 aromatic carbocycles. The molecule has 1 fully saturated rings. The molecule has 1 saturated heterocycles. The van der Waals surface area contributed by atoms with E-state index in [9.17, 15) is 9.59 Å². The lowest BCUT2D eigenvalue weighted by molar-refractivity contribution is -0.151. The molecule has 2 atom stereocenters. The molecule has 1 aromatic rings. The number of hydrogen-bond donors (Lipinski definition) is 0. The first-order valence-corrected chi connectivity index (χ1v) is 8.53. The Kier molecular flexibility index (Phi) is 6.42. The normalized spacial score (nSPS) is 20.9. The van der Waals surface area contributed by atoms with Crippen LogP contribution >= 0.6 is 0 Å². The van der Waals surface area contributed by atoms with Gasteiger partial charge in [0, 0.05) is 13.0 Å². The first-order chi connectivity index (χ1) is 11.8. The van der Waals surface area contributed by atoms with Gasteiger partial charge in [0.05, 0.1) is 19.8 Å². The van der Waals surface area contributed by atoms with Crippen molar-refractivity contribution in [2.45, 2.75) is 58.0 Å². The van der Waals surface area contributed by atoms with Crippen LogP contribution in [0.15, 0.2) is 30.3 Å². The fraction of sp³-hybridized carbons (Fsp3) is 0.579. The zero-order chi connectivity index (χ0) is 18.4. The number of likely N-dealkylation sites (tertiary alicyclic amines) is 1. The second kappa shape index (κ2) is 8.34. The van der Waals surface area contributed by atoms with Crippen molar-refractivity contribution in [1.29, 1.82) is 0 Å². The Morgan fingerprint density at radius 3 is 2.48 bits per heavy atom. The summed E-state index contributed by atoms with van der Waals surface area (Å²) in [7, 11) is 1.32. The van der Waals surface area contributed by atoms with Crippen molar-refractivity contribution in [2.24, 2.45) is 0 Å². The zero-order valence-electron chi connectivity index (χ0n) is 15.4. The topological polar surface area (TPSA) is 65.1 Å². The van der Waals surface area contributed by atoms with Gasteiger partial charge in [0.25, 0.3) is 0 Å². The van der Waals surface area contributed by atoms with Crippen molar-refractivity contribution >= 4 is 12.1 Å². The van der Waals surface area contributed by atoms with Crippen LogP contribution in [0.25, 0.3) is 0 Å². The Hall–Kier alpha value is -2.08. The molecule has 0 aromatic heterocycles. The highest BCUT2D eigenvalue weighted by Crippen LogP contribution is 2.24. The molecule has 1 aliphatic rings. The summed E-state index contributed by atoms with van der Waals surface area (Å²) in [6.07, 6.45) is 0.450. The standard InChI is InChI=1S/C19H27NO5/c1-19(2,3)25-18(22)20-11-10-15(12-16(20)17(21)23-4)24-13-14-8-6-5-7-9-14/h5-9,15-16H,10-13H2,1-4H3. The monoisotopic (exact) mass is 349 g/mol. The second-order valence-electron chi connectivity index (χ2n) is 7.16. The molecule has 0 aliphatic carbocycles. The summed E-state index contributed by atoms with van der Waals surface area (Å²) in [5.74, 6) is -0.445. The van der Waals surface area contributed by atoms with Gasteiger partial charge in [-0.25, -0.2) is 9.59 Å². The molecule has 0 radical (unpaired) electrons. The SMILES string of the molecule is COC(=O)C1CC(OCc2ccccc2)CCN1C(=O)OC(C)(C)C. The fourth-order valence-corrected chi connectivity index (χ4v) is 2.77. The number of rotatable bonds is 4. The molecule has 0 saturated carbocycles. The molecular weight excluding hydrogens is 322 g/mol. The average molecular weight is 349 g/mol. The van der Waals surface area contributed by atoms with E-state index in [0.717, 1.165) is 5.56 Å². The van der Waals surface area contributed by atoms with Crippen LogP contribution in [-0.2, 0) is 25.6 Å². The van der Waals surface area contributed by atoms with E-state index in [1.54, 1.807) is 20.8 Å². The number of carbonyl (C=O) groups excluding carboxylic acids is 2. The lowest BCUT2D eigenvalue weighted by atomic mass is 9.99. The van der Waals surface area contributed by atoms with Crippen LogP contribution in [0, 0.1) is 0 Å². The van der Waals surface area contributed by atoms with Crippen molar-refractivity contribution in [1.82, 2.24) is 4.90 Å². The van der Waals surface area contributed by atoms with Gasteiger partial charge in [-0.15, -0.1) is 0 Å². The number of benzene rings is 1. The van der Waals surface area contributed by atoms with E-state index < -0.39 is 23.7 Å². The Labute approximate surface area is 149 Å². The maximum Gasteiger partial charge on any atom is 0.411 e. The first kappa shape index (κ1) is 19.2. The molecule has 1 heterocycles. The maximum absolute atomic E-state index is 12.4. The summed E-state index contributed by atoms with van der Waals surface area (Å²) >= 11 is 0. The van der Waals surface area contributed by atoms with E-state index in [2.05, 4.69) is 0 Å². The lowest BCUT2D eigenvalue weighted by Crippen LogP contribution is -2.53. The highest BCUT2D eigenvalue weighted by Gasteiger charge is 2.39. The van der Waals surface area contributed by atoms with Crippen LogP contribution in [0.5, 0.6) is 0 Å². The molecule has 6 nitrogen and oxygen atoms in total. The van der Waals surface area contributed by atoms with Crippen LogP contribution in [0.1, 0.15) is 39.2 Å². The number of hydrogen-bond acceptors (Lipinski definition) is 5. The lowest BCUT2D eigenvalue weighted by Gasteiger charge is -2.38. The number of ether oxygens (including phenoxy) is 3. The molecule has 1 amide bonds. The summed E-state index contributed by atoms with van der Waals surface area (Å²) < 4.78 is 16.2. The number of nitrogens with zero attached hydrogens (tertiary/aromatic N) is 1. The summed E-state index contributed by atoms with van der Waals surface area (Å²) in [6, 6.07) is 9.17. The molecule has 1 aliphatic heterocycles. The summed E-state index contributed by atoms with van der Waals surface area (Å²) in [4.78, 5) is 26.0. The van der Waals surface area contributed by atoms with Crippen LogP contribution in [0.3, 0.4) is 0 Å². The Bertz CT molecular complexity index is 581. The van der Waals surface area contributed by atoms with Crippen molar-refractivity contribution < 1.29 is 23.8 Å². The number of piperidine rings is 1. The third kappa shape index (κ3) is 5.74. The summed E-state index contributed by atoms with van der Waals surface area (Å²) in [5.41, 5.74) is 0.463. The van der Waals surface area contributed by atoms with Gasteiger partial charge in [-0.05, 0) is 32.8 Å². The van der Waals surface area contributed by atoms with E-state index in [-0.39, 0.29) is 6.10 Å². The van der Waals surface area contributed by atoms with Crippen LogP contribution < -0.4 is 0 Å². The minimum Gasteiger partial charge on any atom is -0.467 e. The Morgan fingerprint density at radius 2 is 1.88 bits per heavy atom. The fourth-order valence-electron chi connectivity index (χ4n) is 2.77. The molecular formula is C19H27NO5. The van der Waals surface area contributed by atoms with E-state index >= 15 is 0 Å². The van der Waals surface area contributed by atoms with E-state index in [1.165, 1.54) is 12.0 Å². The molecule has 0 bridgehead atoms. The minimum absolute atomic E-state index is 0.108. The first-order valence-electron chi connectivity index (χ1n) is 8.53. The van der Waals surface area contributed by atoms with Gasteiger partial charge >= 0.3 is 12.1 Å². The smallest absolute Gasteiger partial charge is 0.411 e. The molecule has 25 heavy (non-hydrogen) atoms. The predicted molar refractivity (Wildman–Crippen MR) is 93.0 cm³/mol. The quantitative estimate of drug-likeness (QED) is 0.781. The van der Waals surface area contributed by atoms with Gasteiger partial charge in [-0.1, -0.05) is 30.3 Å². The van der Waals surface area contributed by atoms with Crippen molar-refractivity contribution in [3.63, 3.8) is 0 Å². The van der Waals surface area contributed by atoms with Gasteiger partial charge < -0.3 is 14.2 Å². The van der Waals surface area contributed by atoms with Crippen molar-refractivity contribution in [3.05, 3.63) is 35.9 Å². The Morgan fingerprint density at radius 1 is 1.20 bits per heavy atom. The van der Waals surface area contributed by atoms with Gasteiger partial charge in [0.1, 0.15) is 11.6 Å². The Balaban J connectivity index is 1.99. The molecule has 6 heteroatoms. The summed E-state index contributed by atoms with van der Waals surface area (Å²) in [5, 5.41) is 0. The van der Waals surface area contributed by atoms with Crippen LogP contribution in [-0.4, -0.2) is 48.4 Å². The van der Waals surface area contributed by atoms with E-state index in [0.29, 0.717) is 26.0 Å². The van der Waals surface area contributed by atoms with Crippen molar-refractivity contribution in [2.75, 3.05) is 13.7 Å². The third-order valence-electron chi connectivity index (χ3n) is 3.98. The van der Waals surface area contributed by atoms with Gasteiger partial charge in [-0.2, -0.15) is 0 Å². The number of esters is 1. The number of amides is 1. The predicted octanol–water partition coefficient (Wildman–Crippen LogP) is 3.14. The van der Waals surface area contributed by atoms with E-state index in [4.69, 9.17) is 14.2 Å². The van der Waals surface area contributed by atoms with E-state index in [1.807, 2.05) is 30.3 Å². The highest BCUT2D eigenvalue weighted by atomic mass is 16.6. The molecule has 0 spiro atoms. The van der Waals surface area contributed by atoms with Gasteiger partial charge in [-0.3, -0.25) is 4.90 Å². The number of carbonyl (C=O) groups is 2. The van der Waals surface area contributed by atoms with Gasteiger partial charge in [0.2, 0.25) is 0 Å². The maximum atomic E-state index is 12.4. The molecule has 0 N–H and O–H groups in total. The number of methoxy groups -OCH3 is 1. The van der Waals surface area contributed by atoms with Crippen LogP contribution in [0.4, 0.5) is 4.79 Å². The zero-order valence-corrected chi connectivity index (χ0v) is 15.4. The van der Waals surface area contributed by atoms with Crippen molar-refractivity contribution in [3.8, 4) is 0 Å². The molecule has 2 unspecified atom stereocenters. The average Bonchev–Trinajstić information content (AvgIpc) is 2.58. The molecule has 2 rings (SSSR count). The minimum atomic E-state index is -0.686. The molecule has 138 valence electrons. The second-order valence-corrected chi connectivity index (χ2v) is 7.16. The van der Waals surface area contributed by atoms with Crippen LogP contribution in [0.2, 0.25) is 0 Å². The largest absolute Gasteiger partial charge is 0.467 e. The third-order valence-corrected chi connectivity index (χ3v) is 3.98.